The Balaban J connectivity index is 1.69. The molecule has 1 amide bonds. The van der Waals surface area contributed by atoms with Crippen LogP contribution in [0.5, 0.6) is 5.75 Å². The highest BCUT2D eigenvalue weighted by Crippen LogP contribution is 2.41. The summed E-state index contributed by atoms with van der Waals surface area (Å²) in [6, 6.07) is 7.15. The van der Waals surface area contributed by atoms with Crippen molar-refractivity contribution >= 4 is 38.4 Å². The van der Waals surface area contributed by atoms with Crippen molar-refractivity contribution in [3.05, 3.63) is 24.3 Å². The smallest absolute Gasteiger partial charge is 0.277 e. The van der Waals surface area contributed by atoms with E-state index in [0.717, 1.165) is 12.1 Å². The number of anilines is 1. The number of ether oxygens (including phenoxy) is 2. The van der Waals surface area contributed by atoms with Crippen LogP contribution in [0.15, 0.2) is 29.3 Å². The van der Waals surface area contributed by atoms with Crippen LogP contribution in [-0.2, 0) is 19.4 Å². The first kappa shape index (κ1) is 17.8. The molecule has 3 heterocycles. The second-order valence-electron chi connectivity index (χ2n) is 6.61. The van der Waals surface area contributed by atoms with Crippen molar-refractivity contribution in [2.45, 2.75) is 30.2 Å². The number of thioether (sulfide) groups is 1. The minimum Gasteiger partial charge on any atom is -0.497 e. The summed E-state index contributed by atoms with van der Waals surface area (Å²) in [6.07, 6.45) is 1.05. The zero-order chi connectivity index (χ0) is 18.3. The fourth-order valence-corrected chi connectivity index (χ4v) is 7.48. The second kappa shape index (κ2) is 6.86. The summed E-state index contributed by atoms with van der Waals surface area (Å²) in [5.41, 5.74) is 0.778. The van der Waals surface area contributed by atoms with Gasteiger partial charge in [0.1, 0.15) is 11.9 Å². The van der Waals surface area contributed by atoms with E-state index in [4.69, 9.17) is 9.47 Å². The van der Waals surface area contributed by atoms with Crippen LogP contribution in [0.2, 0.25) is 0 Å². The number of amides is 1. The molecule has 3 fully saturated rings. The summed E-state index contributed by atoms with van der Waals surface area (Å²) in [7, 11) is -1.51. The average Bonchev–Trinajstić information content (AvgIpc) is 3.29. The van der Waals surface area contributed by atoms with Gasteiger partial charge in [-0.1, -0.05) is 17.8 Å². The number of carbonyl (C=O) groups excluding carboxylic acids is 1. The SMILES string of the molecule is COc1cccc(N2C(=NC(=O)[C@@H]3CCCO3)S[C@@H]3CS(=O)(=O)C[C@@H]32)c1. The molecule has 140 valence electrons. The second-order valence-corrected chi connectivity index (χ2v) is 9.97. The lowest BCUT2D eigenvalue weighted by Crippen LogP contribution is -2.38. The molecule has 3 aliphatic heterocycles. The van der Waals surface area contributed by atoms with Crippen molar-refractivity contribution in [3.63, 3.8) is 0 Å². The third-order valence-electron chi connectivity index (χ3n) is 4.81. The number of methoxy groups -OCH3 is 1. The van der Waals surface area contributed by atoms with E-state index >= 15 is 0 Å². The Kier molecular flexibility index (Phi) is 4.70. The van der Waals surface area contributed by atoms with Gasteiger partial charge in [-0.25, -0.2) is 8.42 Å². The molecule has 0 N–H and O–H groups in total. The first-order valence-electron chi connectivity index (χ1n) is 8.51. The monoisotopic (exact) mass is 396 g/mol. The van der Waals surface area contributed by atoms with Gasteiger partial charge in [-0.2, -0.15) is 4.99 Å². The number of rotatable bonds is 3. The molecule has 0 spiro atoms. The lowest BCUT2D eigenvalue weighted by Gasteiger charge is -2.25. The highest BCUT2D eigenvalue weighted by atomic mass is 32.2. The van der Waals surface area contributed by atoms with Gasteiger partial charge in [0, 0.05) is 23.6 Å². The molecule has 0 aliphatic carbocycles. The van der Waals surface area contributed by atoms with Crippen LogP contribution in [0.25, 0.3) is 0 Å². The molecular formula is C17H20N2O5S2. The van der Waals surface area contributed by atoms with Crippen molar-refractivity contribution in [2.24, 2.45) is 4.99 Å². The highest BCUT2D eigenvalue weighted by molar-refractivity contribution is 8.16. The zero-order valence-corrected chi connectivity index (χ0v) is 16.0. The molecule has 1 aromatic rings. The Hall–Kier alpha value is -1.58. The van der Waals surface area contributed by atoms with Gasteiger partial charge < -0.3 is 14.4 Å². The van der Waals surface area contributed by atoms with Gasteiger partial charge in [-0.15, -0.1) is 0 Å². The molecule has 3 saturated heterocycles. The van der Waals surface area contributed by atoms with Crippen LogP contribution >= 0.6 is 11.8 Å². The predicted octanol–water partition coefficient (Wildman–Crippen LogP) is 1.48. The number of carbonyl (C=O) groups is 1. The van der Waals surface area contributed by atoms with E-state index in [-0.39, 0.29) is 28.7 Å². The normalized spacial score (nSPS) is 31.3. The number of hydrogen-bond acceptors (Lipinski definition) is 6. The zero-order valence-electron chi connectivity index (χ0n) is 14.3. The van der Waals surface area contributed by atoms with Gasteiger partial charge in [-0.3, -0.25) is 4.79 Å². The van der Waals surface area contributed by atoms with E-state index in [1.54, 1.807) is 7.11 Å². The van der Waals surface area contributed by atoms with E-state index in [1.165, 1.54) is 11.8 Å². The Labute approximate surface area is 156 Å². The summed E-state index contributed by atoms with van der Waals surface area (Å²) in [6.45, 7) is 0.581. The molecule has 1 aromatic carbocycles. The predicted molar refractivity (Wildman–Crippen MR) is 101 cm³/mol. The maximum atomic E-state index is 12.5. The molecule has 7 nitrogen and oxygen atoms in total. The van der Waals surface area contributed by atoms with Crippen LogP contribution in [0.3, 0.4) is 0 Å². The third kappa shape index (κ3) is 3.35. The van der Waals surface area contributed by atoms with Crippen molar-refractivity contribution in [1.29, 1.82) is 0 Å². The van der Waals surface area contributed by atoms with Gasteiger partial charge in [0.25, 0.3) is 5.91 Å². The van der Waals surface area contributed by atoms with Crippen LogP contribution in [0, 0.1) is 0 Å². The number of aliphatic imine (C=N–C) groups is 1. The first-order chi connectivity index (χ1) is 12.5. The van der Waals surface area contributed by atoms with Crippen molar-refractivity contribution in [1.82, 2.24) is 0 Å². The Bertz CT molecular complexity index is 848. The number of nitrogens with zero attached hydrogens (tertiary/aromatic N) is 2. The molecule has 0 saturated carbocycles. The molecule has 0 bridgehead atoms. The lowest BCUT2D eigenvalue weighted by molar-refractivity contribution is -0.126. The largest absolute Gasteiger partial charge is 0.497 e. The number of hydrogen-bond donors (Lipinski definition) is 0. The van der Waals surface area contributed by atoms with E-state index in [1.807, 2.05) is 29.2 Å². The first-order valence-corrected chi connectivity index (χ1v) is 11.2. The molecule has 0 radical (unpaired) electrons. The highest BCUT2D eigenvalue weighted by Gasteiger charge is 2.49. The number of benzene rings is 1. The molecule has 3 atom stereocenters. The van der Waals surface area contributed by atoms with Gasteiger partial charge >= 0.3 is 0 Å². The topological polar surface area (TPSA) is 85.3 Å². The van der Waals surface area contributed by atoms with E-state index in [0.29, 0.717) is 23.9 Å². The van der Waals surface area contributed by atoms with Gasteiger partial charge in [0.2, 0.25) is 0 Å². The quantitative estimate of drug-likeness (QED) is 0.765. The van der Waals surface area contributed by atoms with Gasteiger partial charge in [-0.05, 0) is 25.0 Å². The number of fused-ring (bicyclic) bond motifs is 1. The van der Waals surface area contributed by atoms with Crippen LogP contribution in [0.4, 0.5) is 5.69 Å². The minimum absolute atomic E-state index is 0.0645. The summed E-state index contributed by atoms with van der Waals surface area (Å²) < 4.78 is 34.9. The van der Waals surface area contributed by atoms with Crippen LogP contribution in [-0.4, -0.2) is 62.1 Å². The molecule has 0 unspecified atom stereocenters. The van der Waals surface area contributed by atoms with Crippen molar-refractivity contribution in [3.8, 4) is 5.75 Å². The summed E-state index contributed by atoms with van der Waals surface area (Å²) in [5.74, 6) is 0.549. The Morgan fingerprint density at radius 3 is 2.96 bits per heavy atom. The minimum atomic E-state index is -3.09. The van der Waals surface area contributed by atoms with Crippen LogP contribution < -0.4 is 9.64 Å². The third-order valence-corrected chi connectivity index (χ3v) is 8.02. The molecule has 9 heteroatoms. The van der Waals surface area contributed by atoms with Gasteiger partial charge in [0.05, 0.1) is 24.7 Å². The summed E-state index contributed by atoms with van der Waals surface area (Å²) >= 11 is 1.37. The fraction of sp³-hybridized carbons (Fsp3) is 0.529. The number of sulfone groups is 1. The van der Waals surface area contributed by atoms with E-state index in [9.17, 15) is 13.2 Å². The van der Waals surface area contributed by atoms with Gasteiger partial charge in [0.15, 0.2) is 15.0 Å². The Morgan fingerprint density at radius 1 is 1.38 bits per heavy atom. The number of amidine groups is 1. The molecule has 26 heavy (non-hydrogen) atoms. The summed E-state index contributed by atoms with van der Waals surface area (Å²) in [4.78, 5) is 18.6. The maximum Gasteiger partial charge on any atom is 0.277 e. The fourth-order valence-electron chi connectivity index (χ4n) is 3.57. The average molecular weight is 396 g/mol. The maximum absolute atomic E-state index is 12.5. The van der Waals surface area contributed by atoms with E-state index < -0.39 is 15.9 Å². The Morgan fingerprint density at radius 2 is 2.23 bits per heavy atom. The lowest BCUT2D eigenvalue weighted by atomic mass is 10.2. The van der Waals surface area contributed by atoms with Crippen molar-refractivity contribution < 1.29 is 22.7 Å². The van der Waals surface area contributed by atoms with Crippen molar-refractivity contribution in [2.75, 3.05) is 30.1 Å². The van der Waals surface area contributed by atoms with Crippen LogP contribution in [0.1, 0.15) is 12.8 Å². The molecular weight excluding hydrogens is 376 g/mol. The molecule has 3 aliphatic rings. The van der Waals surface area contributed by atoms with E-state index in [2.05, 4.69) is 4.99 Å². The molecule has 0 aromatic heterocycles. The standard InChI is InChI=1S/C17H20N2O5S2/c1-23-12-5-2-4-11(8-12)19-13-9-26(21,22)10-15(13)25-17(19)18-16(20)14-6-3-7-24-14/h2,4-5,8,13-15H,3,6-7,9-10H2,1H3/t13-,14-,15+/m0/s1. The summed E-state index contributed by atoms with van der Waals surface area (Å²) in [5, 5.41) is 0.422. The molecule has 4 rings (SSSR count).